The molecule has 4 nitrogen and oxygen atoms in total. The molecule has 2 bridgehead atoms. The minimum atomic E-state index is 0. The summed E-state index contributed by atoms with van der Waals surface area (Å²) < 4.78 is 0. The van der Waals surface area contributed by atoms with Crippen LogP contribution in [0.5, 0.6) is 0 Å². The Morgan fingerprint density at radius 2 is 1.73 bits per heavy atom. The summed E-state index contributed by atoms with van der Waals surface area (Å²) >= 11 is 0. The van der Waals surface area contributed by atoms with Crippen LogP contribution in [0.1, 0.15) is 12.8 Å². The molecule has 0 amide bonds. The van der Waals surface area contributed by atoms with Crippen LogP contribution in [0.3, 0.4) is 0 Å². The Morgan fingerprint density at radius 3 is 2.33 bits per heavy atom. The third-order valence-corrected chi connectivity index (χ3v) is 3.22. The van der Waals surface area contributed by atoms with Crippen molar-refractivity contribution >= 4 is 18.1 Å². The van der Waals surface area contributed by atoms with E-state index in [0.717, 1.165) is 13.1 Å². The van der Waals surface area contributed by atoms with Crippen molar-refractivity contribution in [1.82, 2.24) is 15.3 Å². The van der Waals surface area contributed by atoms with Gasteiger partial charge in [-0.1, -0.05) is 0 Å². The lowest BCUT2D eigenvalue weighted by atomic mass is 10.2. The van der Waals surface area contributed by atoms with Crippen molar-refractivity contribution in [3.8, 4) is 0 Å². The number of nitrogens with one attached hydrogen (secondary N) is 1. The lowest BCUT2D eigenvalue weighted by Crippen LogP contribution is -2.52. The van der Waals surface area contributed by atoms with Gasteiger partial charge in [-0.2, -0.15) is 0 Å². The monoisotopic (exact) mass is 226 g/mol. The molecule has 2 aliphatic heterocycles. The van der Waals surface area contributed by atoms with E-state index in [4.69, 9.17) is 0 Å². The van der Waals surface area contributed by atoms with Crippen molar-refractivity contribution in [3.63, 3.8) is 0 Å². The van der Waals surface area contributed by atoms with Crippen molar-refractivity contribution in [2.24, 2.45) is 0 Å². The number of piperazine rings is 1. The molecule has 0 aromatic carbocycles. The second kappa shape index (κ2) is 4.33. The van der Waals surface area contributed by atoms with Crippen LogP contribution in [0.2, 0.25) is 0 Å². The van der Waals surface area contributed by atoms with E-state index in [1.165, 1.54) is 18.5 Å². The number of nitrogens with zero attached hydrogens (tertiary/aromatic N) is 3. The smallest absolute Gasteiger partial charge is 0.115 e. The molecule has 2 unspecified atom stereocenters. The van der Waals surface area contributed by atoms with Crippen molar-refractivity contribution in [2.75, 3.05) is 18.0 Å². The second-order valence-corrected chi connectivity index (χ2v) is 4.05. The third kappa shape index (κ3) is 1.79. The number of hydrogen-bond donors (Lipinski definition) is 1. The first-order valence-electron chi connectivity index (χ1n) is 5.19. The Morgan fingerprint density at radius 1 is 1.13 bits per heavy atom. The quantitative estimate of drug-likeness (QED) is 0.771. The van der Waals surface area contributed by atoms with Gasteiger partial charge in [0.1, 0.15) is 6.33 Å². The van der Waals surface area contributed by atoms with Gasteiger partial charge in [0, 0.05) is 25.2 Å². The van der Waals surface area contributed by atoms with Crippen LogP contribution in [0.4, 0.5) is 5.69 Å². The van der Waals surface area contributed by atoms with Gasteiger partial charge in [-0.25, -0.2) is 9.97 Å². The van der Waals surface area contributed by atoms with Crippen LogP contribution in [0.25, 0.3) is 0 Å². The molecule has 0 spiro atoms. The van der Waals surface area contributed by atoms with Crippen molar-refractivity contribution < 1.29 is 0 Å². The summed E-state index contributed by atoms with van der Waals surface area (Å²) in [5, 5.41) is 3.46. The fourth-order valence-electron chi connectivity index (χ4n) is 2.62. The largest absolute Gasteiger partial charge is 0.361 e. The summed E-state index contributed by atoms with van der Waals surface area (Å²) in [4.78, 5) is 10.6. The van der Waals surface area contributed by atoms with Gasteiger partial charge in [0.15, 0.2) is 0 Å². The zero-order valence-electron chi connectivity index (χ0n) is 8.47. The maximum Gasteiger partial charge on any atom is 0.115 e. The highest BCUT2D eigenvalue weighted by Crippen LogP contribution is 2.31. The first-order chi connectivity index (χ1) is 6.95. The van der Waals surface area contributed by atoms with Gasteiger partial charge in [0.25, 0.3) is 0 Å². The Hall–Kier alpha value is -0.870. The minimum absolute atomic E-state index is 0. The molecule has 1 N–H and O–H groups in total. The van der Waals surface area contributed by atoms with E-state index in [2.05, 4.69) is 20.2 Å². The van der Waals surface area contributed by atoms with Crippen molar-refractivity contribution in [3.05, 3.63) is 18.7 Å². The number of aromatic nitrogens is 2. The van der Waals surface area contributed by atoms with E-state index < -0.39 is 0 Å². The maximum atomic E-state index is 4.08. The van der Waals surface area contributed by atoms with E-state index in [0.29, 0.717) is 12.1 Å². The Bertz CT molecular complexity index is 302. The van der Waals surface area contributed by atoms with Crippen LogP contribution < -0.4 is 10.2 Å². The zero-order valence-corrected chi connectivity index (χ0v) is 9.28. The predicted octanol–water partition coefficient (Wildman–Crippen LogP) is 0.839. The van der Waals surface area contributed by atoms with E-state index >= 15 is 0 Å². The number of halogens is 1. The summed E-state index contributed by atoms with van der Waals surface area (Å²) in [5.41, 5.74) is 1.18. The highest BCUT2D eigenvalue weighted by molar-refractivity contribution is 5.85. The second-order valence-electron chi connectivity index (χ2n) is 4.05. The normalized spacial score (nSPS) is 28.7. The molecular weight excluding hydrogens is 212 g/mol. The lowest BCUT2D eigenvalue weighted by molar-refractivity contribution is 0.484. The highest BCUT2D eigenvalue weighted by atomic mass is 35.5. The van der Waals surface area contributed by atoms with Crippen LogP contribution in [0.15, 0.2) is 18.7 Å². The molecule has 0 radical (unpaired) electrons. The van der Waals surface area contributed by atoms with Crippen LogP contribution in [0, 0.1) is 0 Å². The fraction of sp³-hybridized carbons (Fsp3) is 0.600. The van der Waals surface area contributed by atoms with E-state index in [9.17, 15) is 0 Å². The molecule has 1 aromatic rings. The molecular formula is C10H15ClN4. The standard InChI is InChI=1S/C10H14N4.ClH/c1-2-9-4-11-3-8(1)14(9)10-5-12-7-13-6-10;/h5-9,11H,1-4H2;1H. The van der Waals surface area contributed by atoms with Crippen LogP contribution >= 0.6 is 12.4 Å². The molecule has 1 aromatic heterocycles. The third-order valence-electron chi connectivity index (χ3n) is 3.22. The average Bonchev–Trinajstić information content (AvgIpc) is 2.50. The summed E-state index contributed by atoms with van der Waals surface area (Å²) in [7, 11) is 0. The number of anilines is 1. The van der Waals surface area contributed by atoms with Crippen molar-refractivity contribution in [2.45, 2.75) is 24.9 Å². The van der Waals surface area contributed by atoms with Gasteiger partial charge in [-0.05, 0) is 12.8 Å². The minimum Gasteiger partial charge on any atom is -0.361 e. The van der Waals surface area contributed by atoms with E-state index in [-0.39, 0.29) is 12.4 Å². The Labute approximate surface area is 95.5 Å². The Balaban J connectivity index is 0.000000853. The lowest BCUT2D eigenvalue weighted by Gasteiger charge is -2.36. The summed E-state index contributed by atoms with van der Waals surface area (Å²) in [6.45, 7) is 2.21. The summed E-state index contributed by atoms with van der Waals surface area (Å²) in [6.07, 6.45) is 8.03. The molecule has 0 saturated carbocycles. The fourth-order valence-corrected chi connectivity index (χ4v) is 2.62. The molecule has 3 heterocycles. The topological polar surface area (TPSA) is 41.1 Å². The molecule has 2 saturated heterocycles. The first-order valence-corrected chi connectivity index (χ1v) is 5.19. The molecule has 2 atom stereocenters. The number of rotatable bonds is 1. The molecule has 5 heteroatoms. The zero-order chi connectivity index (χ0) is 9.38. The van der Waals surface area contributed by atoms with Gasteiger partial charge in [0.05, 0.1) is 18.1 Å². The van der Waals surface area contributed by atoms with E-state index in [1.54, 1.807) is 6.33 Å². The summed E-state index contributed by atoms with van der Waals surface area (Å²) in [5.74, 6) is 0. The van der Waals surface area contributed by atoms with Crippen LogP contribution in [-0.2, 0) is 0 Å². The van der Waals surface area contributed by atoms with Crippen LogP contribution in [-0.4, -0.2) is 35.1 Å². The molecule has 2 aliphatic rings. The molecule has 82 valence electrons. The molecule has 15 heavy (non-hydrogen) atoms. The van der Waals surface area contributed by atoms with Gasteiger partial charge < -0.3 is 10.2 Å². The van der Waals surface area contributed by atoms with Gasteiger partial charge >= 0.3 is 0 Å². The number of fused-ring (bicyclic) bond motifs is 2. The SMILES string of the molecule is Cl.c1ncc(N2C3CCC2CNC3)cn1. The Kier molecular flexibility index (Phi) is 3.07. The van der Waals surface area contributed by atoms with E-state index in [1.807, 2.05) is 12.4 Å². The molecule has 0 aliphatic carbocycles. The highest BCUT2D eigenvalue weighted by Gasteiger charge is 2.36. The van der Waals surface area contributed by atoms with Crippen molar-refractivity contribution in [1.29, 1.82) is 0 Å². The van der Waals surface area contributed by atoms with Gasteiger partial charge in [0.2, 0.25) is 0 Å². The first kappa shape index (κ1) is 10.6. The average molecular weight is 227 g/mol. The van der Waals surface area contributed by atoms with Gasteiger partial charge in [-0.3, -0.25) is 0 Å². The van der Waals surface area contributed by atoms with Gasteiger partial charge in [-0.15, -0.1) is 12.4 Å². The maximum absolute atomic E-state index is 4.08. The molecule has 3 rings (SSSR count). The number of hydrogen-bond acceptors (Lipinski definition) is 4. The molecule has 2 fully saturated rings. The predicted molar refractivity (Wildman–Crippen MR) is 61.4 cm³/mol. The summed E-state index contributed by atoms with van der Waals surface area (Å²) in [6, 6.07) is 1.31.